The molecule has 0 radical (unpaired) electrons. The Balaban J connectivity index is 1.56. The molecule has 1 heterocycles. The molecule has 1 aliphatic carbocycles. The summed E-state index contributed by atoms with van der Waals surface area (Å²) in [6.07, 6.45) is 0.765. The van der Waals surface area contributed by atoms with Gasteiger partial charge in [-0.05, 0) is 30.5 Å². The molecule has 0 spiro atoms. The fourth-order valence-corrected chi connectivity index (χ4v) is 1.97. The molecule has 5 nitrogen and oxygen atoms in total. The summed E-state index contributed by atoms with van der Waals surface area (Å²) >= 11 is 0. The highest BCUT2D eigenvalue weighted by atomic mass is 19.1. The number of nitrogens with zero attached hydrogens (tertiary/aromatic N) is 1. The van der Waals surface area contributed by atoms with Crippen LogP contribution in [0.5, 0.6) is 0 Å². The number of aromatic nitrogens is 1. The highest BCUT2D eigenvalue weighted by Crippen LogP contribution is 2.39. The zero-order valence-electron chi connectivity index (χ0n) is 11.2. The van der Waals surface area contributed by atoms with Gasteiger partial charge in [0.15, 0.2) is 18.5 Å². The second-order valence-corrected chi connectivity index (χ2v) is 5.05. The van der Waals surface area contributed by atoms with E-state index in [1.807, 2.05) is 0 Å². The van der Waals surface area contributed by atoms with Crippen LogP contribution in [0.3, 0.4) is 0 Å². The van der Waals surface area contributed by atoms with E-state index in [2.05, 4.69) is 5.16 Å². The van der Waals surface area contributed by atoms with E-state index in [1.54, 1.807) is 6.07 Å². The molecule has 110 valence electrons. The van der Waals surface area contributed by atoms with Gasteiger partial charge < -0.3 is 14.4 Å². The number of hydrogen-bond donors (Lipinski definition) is 1. The van der Waals surface area contributed by atoms with E-state index in [0.717, 1.165) is 18.5 Å². The topological polar surface area (TPSA) is 72.6 Å². The van der Waals surface area contributed by atoms with Gasteiger partial charge in [0.25, 0.3) is 0 Å². The van der Waals surface area contributed by atoms with Crippen molar-refractivity contribution in [3.8, 4) is 0 Å². The molecule has 1 aromatic heterocycles. The second kappa shape index (κ2) is 5.65. The van der Waals surface area contributed by atoms with Crippen LogP contribution in [0.2, 0.25) is 0 Å². The number of hydrogen-bond acceptors (Lipinski definition) is 5. The lowest BCUT2D eigenvalue weighted by Gasteiger charge is -2.09. The Morgan fingerprint density at radius 2 is 2.14 bits per heavy atom. The van der Waals surface area contributed by atoms with Crippen LogP contribution in [0.25, 0.3) is 0 Å². The Labute approximate surface area is 120 Å². The van der Waals surface area contributed by atoms with Crippen molar-refractivity contribution in [2.45, 2.75) is 31.5 Å². The lowest BCUT2D eigenvalue weighted by atomic mass is 10.1. The maximum atomic E-state index is 12.8. The number of carbonyl (C=O) groups is 1. The summed E-state index contributed by atoms with van der Waals surface area (Å²) < 4.78 is 22.8. The first kappa shape index (κ1) is 13.8. The monoisotopic (exact) mass is 291 g/mol. The number of aliphatic hydroxyl groups is 1. The first-order chi connectivity index (χ1) is 10.1. The van der Waals surface area contributed by atoms with Crippen molar-refractivity contribution in [2.75, 3.05) is 0 Å². The predicted octanol–water partition coefficient (Wildman–Crippen LogP) is 2.47. The van der Waals surface area contributed by atoms with E-state index < -0.39 is 17.9 Å². The molecule has 1 saturated carbocycles. The Morgan fingerprint density at radius 1 is 1.43 bits per heavy atom. The molecule has 0 saturated heterocycles. The largest absolute Gasteiger partial charge is 0.455 e. The first-order valence-electron chi connectivity index (χ1n) is 6.69. The summed E-state index contributed by atoms with van der Waals surface area (Å²) in [5, 5.41) is 13.7. The van der Waals surface area contributed by atoms with Crippen LogP contribution in [-0.2, 0) is 16.1 Å². The number of benzene rings is 1. The first-order valence-corrected chi connectivity index (χ1v) is 6.69. The van der Waals surface area contributed by atoms with Crippen molar-refractivity contribution >= 4 is 5.97 Å². The molecule has 2 aromatic rings. The minimum atomic E-state index is -1.45. The minimum Gasteiger partial charge on any atom is -0.455 e. The Kier molecular flexibility index (Phi) is 3.70. The molecule has 1 N–H and O–H groups in total. The van der Waals surface area contributed by atoms with E-state index in [-0.39, 0.29) is 12.2 Å². The van der Waals surface area contributed by atoms with Crippen molar-refractivity contribution in [3.05, 3.63) is 53.2 Å². The number of rotatable bonds is 5. The second-order valence-electron chi connectivity index (χ2n) is 5.05. The average Bonchev–Trinajstić information content (AvgIpc) is 3.24. The molecule has 1 atom stereocenters. The lowest BCUT2D eigenvalue weighted by Crippen LogP contribution is -2.15. The van der Waals surface area contributed by atoms with Crippen LogP contribution in [0.15, 0.2) is 34.9 Å². The molecule has 21 heavy (non-hydrogen) atoms. The van der Waals surface area contributed by atoms with Crippen LogP contribution in [-0.4, -0.2) is 16.2 Å². The van der Waals surface area contributed by atoms with Gasteiger partial charge in [0.1, 0.15) is 5.82 Å². The summed E-state index contributed by atoms with van der Waals surface area (Å²) in [6.45, 7) is -0.0865. The van der Waals surface area contributed by atoms with E-state index >= 15 is 0 Å². The van der Waals surface area contributed by atoms with Gasteiger partial charge in [0.05, 0.1) is 5.69 Å². The molecule has 0 aliphatic heterocycles. The van der Waals surface area contributed by atoms with Gasteiger partial charge >= 0.3 is 5.97 Å². The quantitative estimate of drug-likeness (QED) is 0.857. The van der Waals surface area contributed by atoms with Crippen molar-refractivity contribution < 1.29 is 23.6 Å². The standard InChI is InChI=1S/C15H14FNO4/c16-11-5-3-10(4-6-11)14(18)15(19)20-8-12-7-13(17-21-12)9-1-2-9/h3-7,9,14,18H,1-2,8H2. The summed E-state index contributed by atoms with van der Waals surface area (Å²) in [5.41, 5.74) is 1.15. The number of halogens is 1. The van der Waals surface area contributed by atoms with Gasteiger partial charge in [-0.2, -0.15) is 0 Å². The summed E-state index contributed by atoms with van der Waals surface area (Å²) in [4.78, 5) is 11.7. The summed E-state index contributed by atoms with van der Waals surface area (Å²) in [5.74, 6) is -0.348. The van der Waals surface area contributed by atoms with Crippen LogP contribution < -0.4 is 0 Å². The van der Waals surface area contributed by atoms with Crippen molar-refractivity contribution in [3.63, 3.8) is 0 Å². The van der Waals surface area contributed by atoms with Gasteiger partial charge in [0, 0.05) is 12.0 Å². The minimum absolute atomic E-state index is 0.0865. The van der Waals surface area contributed by atoms with Gasteiger partial charge in [-0.15, -0.1) is 0 Å². The van der Waals surface area contributed by atoms with Crippen LogP contribution >= 0.6 is 0 Å². The highest BCUT2D eigenvalue weighted by Gasteiger charge is 2.27. The summed E-state index contributed by atoms with van der Waals surface area (Å²) in [6, 6.07) is 6.77. The SMILES string of the molecule is O=C(OCc1cc(C2CC2)no1)C(O)c1ccc(F)cc1. The third-order valence-electron chi connectivity index (χ3n) is 3.34. The zero-order chi connectivity index (χ0) is 14.8. The third kappa shape index (κ3) is 3.28. The Morgan fingerprint density at radius 3 is 2.81 bits per heavy atom. The van der Waals surface area contributed by atoms with Crippen molar-refractivity contribution in [1.29, 1.82) is 0 Å². The van der Waals surface area contributed by atoms with E-state index in [9.17, 15) is 14.3 Å². The molecule has 6 heteroatoms. The molecular formula is C15H14FNO4. The number of aliphatic hydroxyl groups excluding tert-OH is 1. The van der Waals surface area contributed by atoms with Gasteiger partial charge in [-0.25, -0.2) is 9.18 Å². The highest BCUT2D eigenvalue weighted by molar-refractivity contribution is 5.76. The van der Waals surface area contributed by atoms with E-state index in [4.69, 9.17) is 9.26 Å². The fraction of sp³-hybridized carbons (Fsp3) is 0.333. The van der Waals surface area contributed by atoms with Gasteiger partial charge in [0.2, 0.25) is 0 Å². The summed E-state index contributed by atoms with van der Waals surface area (Å²) in [7, 11) is 0. The Bertz CT molecular complexity index is 633. The number of esters is 1. The van der Waals surface area contributed by atoms with Crippen molar-refractivity contribution in [1.82, 2.24) is 5.16 Å². The van der Waals surface area contributed by atoms with Crippen molar-refractivity contribution in [2.24, 2.45) is 0 Å². The zero-order valence-corrected chi connectivity index (χ0v) is 11.2. The van der Waals surface area contributed by atoms with Crippen LogP contribution in [0.1, 0.15) is 41.9 Å². The molecule has 0 amide bonds. The molecule has 1 unspecified atom stereocenters. The molecular weight excluding hydrogens is 277 g/mol. The van der Waals surface area contributed by atoms with Crippen LogP contribution in [0.4, 0.5) is 4.39 Å². The Hall–Kier alpha value is -2.21. The number of carbonyl (C=O) groups excluding carboxylic acids is 1. The fourth-order valence-electron chi connectivity index (χ4n) is 1.97. The smallest absolute Gasteiger partial charge is 0.340 e. The van der Waals surface area contributed by atoms with E-state index in [1.165, 1.54) is 24.3 Å². The van der Waals surface area contributed by atoms with E-state index in [0.29, 0.717) is 11.7 Å². The molecule has 3 rings (SSSR count). The van der Waals surface area contributed by atoms with Gasteiger partial charge in [-0.1, -0.05) is 17.3 Å². The predicted molar refractivity (Wildman–Crippen MR) is 69.6 cm³/mol. The normalized spacial score (nSPS) is 15.7. The van der Waals surface area contributed by atoms with Crippen LogP contribution in [0, 0.1) is 5.82 Å². The molecule has 1 aromatic carbocycles. The lowest BCUT2D eigenvalue weighted by molar-refractivity contribution is -0.156. The molecule has 1 aliphatic rings. The van der Waals surface area contributed by atoms with Gasteiger partial charge in [-0.3, -0.25) is 0 Å². The third-order valence-corrected chi connectivity index (χ3v) is 3.34. The maximum Gasteiger partial charge on any atom is 0.340 e. The number of ether oxygens (including phenoxy) is 1. The molecule has 1 fully saturated rings. The maximum absolute atomic E-state index is 12.8. The average molecular weight is 291 g/mol. The molecule has 0 bridgehead atoms.